The van der Waals surface area contributed by atoms with E-state index in [1.165, 1.54) is 384 Å². The number of nitrogens with zero attached hydrogens (tertiary/aromatic N) is 11. The van der Waals surface area contributed by atoms with Gasteiger partial charge >= 0.3 is 0 Å². The van der Waals surface area contributed by atoms with E-state index < -0.39 is 0 Å². The summed E-state index contributed by atoms with van der Waals surface area (Å²) in [6.07, 6.45) is 90.8. The smallest absolute Gasteiger partial charge is 0.261 e. The Morgan fingerprint density at radius 1 is 0.227 bits per heavy atom. The minimum absolute atomic E-state index is 0.0163. The number of unbranched alkanes of at least 4 members (excludes halogenated alkanes) is 53. The van der Waals surface area contributed by atoms with E-state index in [-0.39, 0.29) is 35.4 Å². The number of hydrogen-bond acceptors (Lipinski definition) is 17. The van der Waals surface area contributed by atoms with Gasteiger partial charge in [-0.25, -0.2) is 15.0 Å². The van der Waals surface area contributed by atoms with Gasteiger partial charge in [0.05, 0.1) is 93.3 Å². The summed E-state index contributed by atoms with van der Waals surface area (Å²) in [5.74, 6) is 0.598. The quantitative estimate of drug-likeness (QED) is 0.0331. The zero-order valence-electron chi connectivity index (χ0n) is 88.7. The number of amides is 6. The number of carbonyl (C=O) groups is 6. The number of rotatable bonds is 79. The number of thiophene rings is 1. The highest BCUT2D eigenvalue weighted by Crippen LogP contribution is 2.52. The monoisotopic (exact) mass is 2040 g/mol. The molecule has 0 spiro atoms. The first kappa shape index (κ1) is 116. The molecule has 23 heteroatoms. The molecule has 6 aliphatic heterocycles. The van der Waals surface area contributed by atoms with Crippen LogP contribution in [0.1, 0.15) is 502 Å². The van der Waals surface area contributed by atoms with Crippen LogP contribution in [-0.4, -0.2) is 129 Å². The fraction of sp³-hybridized carbons (Fsp3) is 0.686. The highest BCUT2D eigenvalue weighted by Gasteiger charge is 2.53. The maximum Gasteiger partial charge on any atom is 0.261 e. The summed E-state index contributed by atoms with van der Waals surface area (Å²) in [6, 6.07) is 4.10. The molecule has 0 radical (unpaired) electrons. The zero-order chi connectivity index (χ0) is 99.7. The van der Waals surface area contributed by atoms with E-state index in [1.54, 1.807) is 40.9 Å². The fourth-order valence-corrected chi connectivity index (χ4v) is 25.7. The van der Waals surface area contributed by atoms with Crippen LogP contribution in [0.5, 0.6) is 0 Å². The van der Waals surface area contributed by atoms with Crippen molar-refractivity contribution < 1.29 is 28.8 Å². The SMILES string of the molecule is CCCCCCCCC(CCCCCC)CN1C(=O)C2=C(c3nccs3)N(CC(CCCCCC)CCCCCCCC)C(=O)C2=C1c1nccs1.CCCCCCCCCCCCCCCCCCN1C(=O)C2=C(c3nccs3)N(CCCCCCCCCCCCCCCCCC)C(=O)C2=C1c1cccs1.CCCCCCCN1C(=O)C2=C(c3cncs3)N(CCCCCC)C(=O)C2=C1c1cncs1. The molecule has 2 atom stereocenters. The molecule has 780 valence electrons. The first-order chi connectivity index (χ1) is 69.4. The Balaban J connectivity index is 0.000000224. The Hall–Kier alpha value is -6.89. The van der Waals surface area contributed by atoms with Crippen molar-refractivity contribution in [3.63, 3.8) is 0 Å². The van der Waals surface area contributed by atoms with Gasteiger partial charge in [0.1, 0.15) is 15.0 Å². The molecule has 6 aliphatic rings. The molecule has 0 aromatic carbocycles. The van der Waals surface area contributed by atoms with Gasteiger partial charge in [0.15, 0.2) is 0 Å². The first-order valence-electron chi connectivity index (χ1n) is 57.3. The van der Waals surface area contributed by atoms with E-state index in [2.05, 4.69) is 81.8 Å². The number of fused-ring (bicyclic) bond motifs is 3. The highest BCUT2D eigenvalue weighted by atomic mass is 32.1. The van der Waals surface area contributed by atoms with Gasteiger partial charge < -0.3 is 29.4 Å². The maximum atomic E-state index is 14.9. The van der Waals surface area contributed by atoms with Gasteiger partial charge in [-0.15, -0.1) is 68.0 Å². The van der Waals surface area contributed by atoms with Crippen LogP contribution in [0.2, 0.25) is 0 Å². The van der Waals surface area contributed by atoms with E-state index >= 15 is 0 Å². The molecule has 0 saturated carbocycles. The lowest BCUT2D eigenvalue weighted by atomic mass is 9.93. The van der Waals surface area contributed by atoms with Crippen LogP contribution in [0.4, 0.5) is 0 Å². The average molecular weight is 2040 g/mol. The summed E-state index contributed by atoms with van der Waals surface area (Å²) in [5, 5.41) is 10.3. The first-order valence-corrected chi connectivity index (χ1v) is 62.6. The molecule has 0 aliphatic carbocycles. The summed E-state index contributed by atoms with van der Waals surface area (Å²) in [4.78, 5) is 123. The number of thiazole rings is 5. The molecule has 6 aromatic heterocycles. The molecule has 0 fully saturated rings. The van der Waals surface area contributed by atoms with Crippen molar-refractivity contribution in [1.82, 2.24) is 54.3 Å². The van der Waals surface area contributed by atoms with E-state index in [9.17, 15) is 28.8 Å². The third-order valence-corrected chi connectivity index (χ3v) is 34.2. The van der Waals surface area contributed by atoms with Crippen LogP contribution in [0, 0.1) is 11.8 Å². The topological polar surface area (TPSA) is 186 Å². The molecular weight excluding hydrogens is 1860 g/mol. The summed E-state index contributed by atoms with van der Waals surface area (Å²) < 4.78 is 0. The van der Waals surface area contributed by atoms with Crippen molar-refractivity contribution in [2.24, 2.45) is 11.8 Å². The zero-order valence-corrected chi connectivity index (χ0v) is 93.6. The molecule has 141 heavy (non-hydrogen) atoms. The van der Waals surface area contributed by atoms with Crippen molar-refractivity contribution in [2.45, 2.75) is 473 Å². The van der Waals surface area contributed by atoms with E-state index in [0.717, 1.165) is 154 Å². The molecule has 2 unspecified atom stereocenters. The molecular formula is C118H181N11O6S6. The van der Waals surface area contributed by atoms with Gasteiger partial charge in [0, 0.05) is 86.4 Å². The molecule has 0 saturated heterocycles. The summed E-state index contributed by atoms with van der Waals surface area (Å²) in [7, 11) is 0. The Kier molecular flexibility index (Phi) is 56.4. The maximum absolute atomic E-state index is 14.9. The van der Waals surface area contributed by atoms with Gasteiger partial charge in [-0.1, -0.05) is 427 Å². The third-order valence-electron chi connectivity index (χ3n) is 29.5. The van der Waals surface area contributed by atoms with Crippen LogP contribution in [0.3, 0.4) is 0 Å². The van der Waals surface area contributed by atoms with E-state index in [0.29, 0.717) is 84.5 Å². The molecule has 12 heterocycles. The molecule has 0 bridgehead atoms. The van der Waals surface area contributed by atoms with Gasteiger partial charge in [-0.2, -0.15) is 0 Å². The molecule has 12 rings (SSSR count). The van der Waals surface area contributed by atoms with Crippen LogP contribution in [0.15, 0.2) is 109 Å². The van der Waals surface area contributed by atoms with Crippen LogP contribution < -0.4 is 0 Å². The second kappa shape index (κ2) is 68.5. The Bertz CT molecular complexity index is 4500. The van der Waals surface area contributed by atoms with Crippen molar-refractivity contribution in [2.75, 3.05) is 39.3 Å². The lowest BCUT2D eigenvalue weighted by Crippen LogP contribution is -2.35. The molecule has 17 nitrogen and oxygen atoms in total. The van der Waals surface area contributed by atoms with Crippen LogP contribution in [-0.2, 0) is 28.8 Å². The van der Waals surface area contributed by atoms with Gasteiger partial charge in [-0.3, -0.25) is 38.7 Å². The van der Waals surface area contributed by atoms with Crippen LogP contribution in [0.25, 0.3) is 34.2 Å². The third kappa shape index (κ3) is 36.0. The van der Waals surface area contributed by atoms with E-state index in [4.69, 9.17) is 9.97 Å². The summed E-state index contributed by atoms with van der Waals surface area (Å²) in [6.45, 7) is 21.9. The number of hydrogen-bond donors (Lipinski definition) is 0. The lowest BCUT2D eigenvalue weighted by molar-refractivity contribution is -0.124. The fourth-order valence-electron chi connectivity index (χ4n) is 21.4. The van der Waals surface area contributed by atoms with Gasteiger partial charge in [0.25, 0.3) is 35.4 Å². The minimum Gasteiger partial charge on any atom is -0.306 e. The van der Waals surface area contributed by atoms with Crippen molar-refractivity contribution in [1.29, 1.82) is 0 Å². The Labute approximate surface area is 876 Å². The largest absolute Gasteiger partial charge is 0.306 e. The minimum atomic E-state index is -0.0601. The van der Waals surface area contributed by atoms with Gasteiger partial charge in [0.2, 0.25) is 0 Å². The Morgan fingerprint density at radius 3 is 0.674 bits per heavy atom. The number of aromatic nitrogens is 5. The summed E-state index contributed by atoms with van der Waals surface area (Å²) >= 11 is 9.19. The normalized spacial score (nSPS) is 15.3. The summed E-state index contributed by atoms with van der Waals surface area (Å²) in [5.41, 5.74) is 11.5. The molecule has 6 aromatic rings. The van der Waals surface area contributed by atoms with Gasteiger partial charge in [-0.05, 0) is 74.6 Å². The average Bonchev–Trinajstić information content (AvgIpc) is 1.56. The van der Waals surface area contributed by atoms with E-state index in [1.807, 2.05) is 64.0 Å². The molecule has 6 amide bonds. The lowest BCUT2D eigenvalue weighted by Gasteiger charge is -2.29. The predicted octanol–water partition coefficient (Wildman–Crippen LogP) is 34.6. The standard InChI is InChI=1S/C49H79N3O2S2.C44H70N4O2S2.C25H32N4O2S2/c1-3-5-7-9-11-13-15-17-19-21-23-25-27-29-31-33-38-51-45(42-36-35-40-55-42)43-44(49(51)54)46(47-50-37-41-56-47)52(48(43)53)39-34-32-30-28-26-24-22-20-18-16-14-12-10-8-6-4-2;1-5-9-13-17-19-23-27-35(25-21-15-11-7-3)33-47-39(41-45-29-31-51-41)37-38(43(47)49)40(42-46-30-32-52-42)48(44(37)50)34-36(26-22-16-12-8-4)28-24-20-18-14-10-6-2;1-3-5-7-9-11-13-29-23(19-15-27-17-33-19)21-20(25(29)31)22(18-14-26-16-32-18)28(24(21)30)12-10-8-6-4-2/h35-37,40-41H,3-34,38-39H2,1-2H3;29-32,35-36H,5-28,33-34H2,1-4H3;14-17H,3-13H2,1-2H3. The highest BCUT2D eigenvalue weighted by molar-refractivity contribution is 7.12. The molecule has 0 N–H and O–H groups in total. The number of carbonyl (C=O) groups excluding carboxylic acids is 6. The Morgan fingerprint density at radius 2 is 0.440 bits per heavy atom. The van der Waals surface area contributed by atoms with Crippen molar-refractivity contribution >= 4 is 138 Å². The van der Waals surface area contributed by atoms with Crippen molar-refractivity contribution in [3.8, 4) is 0 Å². The second-order valence-corrected chi connectivity index (χ2v) is 46.2. The predicted molar refractivity (Wildman–Crippen MR) is 599 cm³/mol. The van der Waals surface area contributed by atoms with Crippen LogP contribution >= 0.6 is 68.0 Å². The van der Waals surface area contributed by atoms with Crippen molar-refractivity contribution in [3.05, 3.63) is 139 Å². The second-order valence-electron chi connectivity index (χ2n) is 40.8.